The molecule has 16 heavy (non-hydrogen) atoms. The van der Waals surface area contributed by atoms with E-state index < -0.39 is 0 Å². The molecule has 0 spiro atoms. The first-order valence-electron chi connectivity index (χ1n) is 5.27. The summed E-state index contributed by atoms with van der Waals surface area (Å²) < 4.78 is 3.81. The molecule has 90 valence electrons. The van der Waals surface area contributed by atoms with Crippen molar-refractivity contribution in [1.82, 2.24) is 14.5 Å². The fourth-order valence-electron chi connectivity index (χ4n) is 1.25. The van der Waals surface area contributed by atoms with Crippen molar-refractivity contribution in [3.05, 3.63) is 10.6 Å². The van der Waals surface area contributed by atoms with E-state index in [2.05, 4.69) is 9.59 Å². The summed E-state index contributed by atoms with van der Waals surface area (Å²) in [6, 6.07) is 0. The zero-order chi connectivity index (χ0) is 12.1. The molecule has 1 aromatic rings. The summed E-state index contributed by atoms with van der Waals surface area (Å²) in [4.78, 5) is 14.3. The van der Waals surface area contributed by atoms with Gasteiger partial charge in [-0.25, -0.2) is 0 Å². The second-order valence-electron chi connectivity index (χ2n) is 3.70. The van der Waals surface area contributed by atoms with Gasteiger partial charge in [0.2, 0.25) is 0 Å². The topological polar surface area (TPSA) is 46.1 Å². The normalized spacial score (nSPS) is 12.5. The number of rotatable bonds is 5. The van der Waals surface area contributed by atoms with Crippen LogP contribution >= 0.6 is 23.1 Å². The summed E-state index contributed by atoms with van der Waals surface area (Å²) in [7, 11) is 1.78. The summed E-state index contributed by atoms with van der Waals surface area (Å²) in [5.41, 5.74) is 0.778. The van der Waals surface area contributed by atoms with Crippen LogP contribution in [0.1, 0.15) is 35.6 Å². The lowest BCUT2D eigenvalue weighted by molar-refractivity contribution is 0.0797. The molecule has 1 heterocycles. The molecule has 0 bridgehead atoms. The lowest BCUT2D eigenvalue weighted by Gasteiger charge is -2.16. The third-order valence-corrected chi connectivity index (χ3v) is 3.27. The van der Waals surface area contributed by atoms with Crippen LogP contribution in [0, 0.1) is 0 Å². The summed E-state index contributed by atoms with van der Waals surface area (Å²) in [5.74, 6) is -0.0100. The minimum Gasteiger partial charge on any atom is -0.341 e. The quantitative estimate of drug-likeness (QED) is 0.764. The van der Waals surface area contributed by atoms with Gasteiger partial charge in [0.1, 0.15) is 4.88 Å². The van der Waals surface area contributed by atoms with Crippen LogP contribution in [0.2, 0.25) is 0 Å². The van der Waals surface area contributed by atoms with Crippen molar-refractivity contribution in [2.75, 3.05) is 13.6 Å². The first kappa shape index (κ1) is 13.4. The molecule has 6 heteroatoms. The molecule has 4 nitrogen and oxygen atoms in total. The van der Waals surface area contributed by atoms with Crippen molar-refractivity contribution in [3.63, 3.8) is 0 Å². The minimum absolute atomic E-state index is 0.0100. The summed E-state index contributed by atoms with van der Waals surface area (Å²) >= 11 is 7.01. The summed E-state index contributed by atoms with van der Waals surface area (Å²) in [6.45, 7) is 4.55. The SMILES string of the molecule is CCc1nnsc1C(=O)N(C)CCC(C)Cl. The van der Waals surface area contributed by atoms with Crippen molar-refractivity contribution in [2.24, 2.45) is 0 Å². The van der Waals surface area contributed by atoms with E-state index in [1.54, 1.807) is 11.9 Å². The number of carbonyl (C=O) groups is 1. The average Bonchev–Trinajstić information content (AvgIpc) is 2.72. The summed E-state index contributed by atoms with van der Waals surface area (Å²) in [5, 5.41) is 4.01. The van der Waals surface area contributed by atoms with Crippen molar-refractivity contribution in [3.8, 4) is 0 Å². The van der Waals surface area contributed by atoms with Gasteiger partial charge in [-0.3, -0.25) is 4.79 Å². The van der Waals surface area contributed by atoms with E-state index in [0.717, 1.165) is 30.1 Å². The lowest BCUT2D eigenvalue weighted by Crippen LogP contribution is -2.28. The molecule has 0 aliphatic heterocycles. The van der Waals surface area contributed by atoms with Gasteiger partial charge in [0.15, 0.2) is 0 Å². The number of hydrogen-bond acceptors (Lipinski definition) is 4. The van der Waals surface area contributed by atoms with Crippen LogP contribution in [0.25, 0.3) is 0 Å². The third-order valence-electron chi connectivity index (χ3n) is 2.29. The Morgan fingerprint density at radius 3 is 2.88 bits per heavy atom. The average molecular weight is 262 g/mol. The summed E-state index contributed by atoms with van der Waals surface area (Å²) in [6.07, 6.45) is 1.52. The zero-order valence-corrected chi connectivity index (χ0v) is 11.3. The predicted octanol–water partition coefficient (Wildman–Crippen LogP) is 2.19. The van der Waals surface area contributed by atoms with E-state index >= 15 is 0 Å². The highest BCUT2D eigenvalue weighted by molar-refractivity contribution is 7.07. The van der Waals surface area contributed by atoms with E-state index in [9.17, 15) is 4.79 Å². The second-order valence-corrected chi connectivity index (χ2v) is 5.20. The van der Waals surface area contributed by atoms with E-state index in [-0.39, 0.29) is 11.3 Å². The maximum atomic E-state index is 12.0. The predicted molar refractivity (Wildman–Crippen MR) is 66.2 cm³/mol. The van der Waals surface area contributed by atoms with Crippen molar-refractivity contribution >= 4 is 29.0 Å². The smallest absolute Gasteiger partial charge is 0.267 e. The Morgan fingerprint density at radius 2 is 2.31 bits per heavy atom. The highest BCUT2D eigenvalue weighted by Crippen LogP contribution is 2.14. The molecular weight excluding hydrogens is 246 g/mol. The number of aryl methyl sites for hydroxylation is 1. The Balaban J connectivity index is 2.63. The van der Waals surface area contributed by atoms with Gasteiger partial charge in [0.05, 0.1) is 5.69 Å². The van der Waals surface area contributed by atoms with Gasteiger partial charge in [-0.2, -0.15) is 0 Å². The zero-order valence-electron chi connectivity index (χ0n) is 9.73. The van der Waals surface area contributed by atoms with E-state index in [4.69, 9.17) is 11.6 Å². The molecule has 0 radical (unpaired) electrons. The maximum absolute atomic E-state index is 12.0. The number of hydrogen-bond donors (Lipinski definition) is 0. The van der Waals surface area contributed by atoms with Gasteiger partial charge in [-0.15, -0.1) is 16.7 Å². The maximum Gasteiger partial charge on any atom is 0.267 e. The van der Waals surface area contributed by atoms with Gasteiger partial charge in [0, 0.05) is 19.0 Å². The molecule has 0 aliphatic carbocycles. The highest BCUT2D eigenvalue weighted by atomic mass is 35.5. The van der Waals surface area contributed by atoms with Crippen LogP contribution in [0.3, 0.4) is 0 Å². The first-order valence-corrected chi connectivity index (χ1v) is 6.48. The fourth-order valence-corrected chi connectivity index (χ4v) is 2.09. The number of aromatic nitrogens is 2. The molecule has 1 unspecified atom stereocenters. The van der Waals surface area contributed by atoms with Crippen LogP contribution in [0.4, 0.5) is 0 Å². The van der Waals surface area contributed by atoms with Gasteiger partial charge >= 0.3 is 0 Å². The molecule has 1 aromatic heterocycles. The van der Waals surface area contributed by atoms with Crippen molar-refractivity contribution in [2.45, 2.75) is 32.1 Å². The van der Waals surface area contributed by atoms with Crippen LogP contribution in [0.5, 0.6) is 0 Å². The van der Waals surface area contributed by atoms with Gasteiger partial charge in [0.25, 0.3) is 5.91 Å². The van der Waals surface area contributed by atoms with E-state index in [1.165, 1.54) is 0 Å². The number of amides is 1. The Bertz CT molecular complexity index is 354. The molecule has 1 rings (SSSR count). The molecule has 0 fully saturated rings. The number of halogens is 1. The Morgan fingerprint density at radius 1 is 1.62 bits per heavy atom. The first-order chi connectivity index (χ1) is 7.56. The van der Waals surface area contributed by atoms with Crippen LogP contribution in [-0.4, -0.2) is 39.4 Å². The van der Waals surface area contributed by atoms with Gasteiger partial charge < -0.3 is 4.90 Å². The monoisotopic (exact) mass is 261 g/mol. The fraction of sp³-hybridized carbons (Fsp3) is 0.700. The van der Waals surface area contributed by atoms with Gasteiger partial charge in [-0.05, 0) is 31.3 Å². The van der Waals surface area contributed by atoms with E-state index in [1.807, 2.05) is 13.8 Å². The molecule has 0 N–H and O–H groups in total. The van der Waals surface area contributed by atoms with Crippen LogP contribution in [0.15, 0.2) is 0 Å². The number of alkyl halides is 1. The largest absolute Gasteiger partial charge is 0.341 e. The van der Waals surface area contributed by atoms with Crippen LogP contribution < -0.4 is 0 Å². The molecule has 0 saturated heterocycles. The Hall–Kier alpha value is -0.680. The van der Waals surface area contributed by atoms with Crippen molar-refractivity contribution in [1.29, 1.82) is 0 Å². The molecule has 0 aliphatic rings. The van der Waals surface area contributed by atoms with Crippen LogP contribution in [-0.2, 0) is 6.42 Å². The molecule has 1 amide bonds. The standard InChI is InChI=1S/C10H16ClN3OS/c1-4-8-9(16-13-12-8)10(15)14(3)6-5-7(2)11/h7H,4-6H2,1-3H3. The Labute approximate surface area is 105 Å². The third kappa shape index (κ3) is 3.42. The Kier molecular flexibility index (Phi) is 5.15. The number of nitrogens with zero attached hydrogens (tertiary/aromatic N) is 3. The van der Waals surface area contributed by atoms with Crippen molar-refractivity contribution < 1.29 is 4.79 Å². The minimum atomic E-state index is -0.0100. The highest BCUT2D eigenvalue weighted by Gasteiger charge is 2.18. The van der Waals surface area contributed by atoms with E-state index in [0.29, 0.717) is 11.4 Å². The second kappa shape index (κ2) is 6.15. The lowest BCUT2D eigenvalue weighted by atomic mass is 10.2. The molecule has 0 aromatic carbocycles. The molecule has 1 atom stereocenters. The van der Waals surface area contributed by atoms with Gasteiger partial charge in [-0.1, -0.05) is 11.4 Å². The molecule has 0 saturated carbocycles. The molecular formula is C10H16ClN3OS. The number of carbonyl (C=O) groups excluding carboxylic acids is 1.